The number of hydrogen-bond donors (Lipinski definition) is 0. The minimum absolute atomic E-state index is 1.26. The Morgan fingerprint density at radius 2 is 0.750 bits per heavy atom. The van der Waals surface area contributed by atoms with Crippen molar-refractivity contribution in [2.24, 2.45) is 0 Å². The zero-order valence-corrected chi connectivity index (χ0v) is 20.7. The lowest BCUT2D eigenvalue weighted by molar-refractivity contribution is 1.50. The van der Waals surface area contributed by atoms with E-state index in [2.05, 4.69) is 133 Å². The predicted octanol–water partition coefficient (Wildman–Crippen LogP) is 10.7. The zero-order valence-electron chi connectivity index (χ0n) is 20.7. The van der Waals surface area contributed by atoms with E-state index in [-0.39, 0.29) is 0 Å². The molecule has 7 aromatic carbocycles. The maximum atomic E-state index is 2.36. The molecule has 0 aromatic heterocycles. The van der Waals surface area contributed by atoms with Crippen molar-refractivity contribution in [1.82, 2.24) is 0 Å². The molecule has 0 aliphatic rings. The van der Waals surface area contributed by atoms with Gasteiger partial charge in [0.1, 0.15) is 0 Å². The second-order valence-corrected chi connectivity index (χ2v) is 8.93. The molecular weight excluding hydrogens is 432 g/mol. The quantitative estimate of drug-likeness (QED) is 0.178. The lowest BCUT2D eigenvalue weighted by Crippen LogP contribution is -1.90. The molecule has 0 nitrogen and oxygen atoms in total. The van der Waals surface area contributed by atoms with Crippen LogP contribution in [0.5, 0.6) is 0 Å². The Kier molecular flexibility index (Phi) is 5.71. The smallest absolute Gasteiger partial charge is 0.00262 e. The van der Waals surface area contributed by atoms with Gasteiger partial charge < -0.3 is 0 Å². The number of hydrogen-bond acceptors (Lipinski definition) is 0. The highest BCUT2D eigenvalue weighted by Gasteiger charge is 2.16. The molecule has 0 spiro atoms. The highest BCUT2D eigenvalue weighted by molar-refractivity contribution is 6.22. The normalized spacial score (nSPS) is 11.1. The average molecular weight is 461 g/mol. The van der Waals surface area contributed by atoms with Gasteiger partial charge in [0.05, 0.1) is 0 Å². The van der Waals surface area contributed by atoms with Crippen LogP contribution in [0.3, 0.4) is 0 Å². The van der Waals surface area contributed by atoms with Crippen LogP contribution in [-0.4, -0.2) is 0 Å². The fraction of sp³-hybridized carbons (Fsp3) is 0.0556. The van der Waals surface area contributed by atoms with E-state index in [1.165, 1.54) is 65.3 Å². The Morgan fingerprint density at radius 3 is 1.36 bits per heavy atom. The van der Waals surface area contributed by atoms with Gasteiger partial charge in [0, 0.05) is 0 Å². The fourth-order valence-electron chi connectivity index (χ4n) is 5.52. The summed E-state index contributed by atoms with van der Waals surface area (Å²) in [5, 5.41) is 10.3. The minimum atomic E-state index is 1.26. The van der Waals surface area contributed by atoms with Crippen LogP contribution >= 0.6 is 0 Å². The van der Waals surface area contributed by atoms with Gasteiger partial charge in [0.2, 0.25) is 0 Å². The van der Waals surface area contributed by atoms with Crippen molar-refractivity contribution in [2.75, 3.05) is 0 Å². The predicted molar refractivity (Wildman–Crippen MR) is 159 cm³/mol. The van der Waals surface area contributed by atoms with Crippen LogP contribution in [0.15, 0.2) is 133 Å². The van der Waals surface area contributed by atoms with Crippen molar-refractivity contribution in [1.29, 1.82) is 0 Å². The minimum Gasteiger partial charge on any atom is -0.0683 e. The monoisotopic (exact) mass is 460 g/mol. The summed E-state index contributed by atoms with van der Waals surface area (Å²) in [6.45, 7) is 4.00. The molecule has 0 saturated carbocycles. The molecule has 0 amide bonds. The third-order valence-electron chi connectivity index (χ3n) is 7.03. The van der Waals surface area contributed by atoms with Crippen molar-refractivity contribution in [2.45, 2.75) is 13.8 Å². The second kappa shape index (κ2) is 9.32. The van der Waals surface area contributed by atoms with Crippen molar-refractivity contribution < 1.29 is 0 Å². The standard InChI is InChI=1S/C34H22.C2H6/c1-2-11-24(12-3-1)33-29-14-6-8-16-31(29)34(32-17-9-7-15-30(32)33)26-20-21-28-25(22-26)19-18-23-10-4-5-13-27(23)28;1-2/h1-22H;1-2H3. The first-order valence-corrected chi connectivity index (χ1v) is 12.8. The lowest BCUT2D eigenvalue weighted by atomic mass is 9.85. The van der Waals surface area contributed by atoms with E-state index in [9.17, 15) is 0 Å². The molecule has 172 valence electrons. The van der Waals surface area contributed by atoms with Crippen LogP contribution in [0.1, 0.15) is 13.8 Å². The summed E-state index contributed by atoms with van der Waals surface area (Å²) in [6, 6.07) is 48.5. The van der Waals surface area contributed by atoms with E-state index >= 15 is 0 Å². The summed E-state index contributed by atoms with van der Waals surface area (Å²) >= 11 is 0. The molecule has 0 atom stereocenters. The van der Waals surface area contributed by atoms with Gasteiger partial charge in [-0.15, -0.1) is 0 Å². The Labute approximate surface area is 212 Å². The zero-order chi connectivity index (χ0) is 24.5. The Balaban J connectivity index is 0.00000117. The number of benzene rings is 7. The second-order valence-electron chi connectivity index (χ2n) is 8.93. The molecular formula is C36H28. The maximum Gasteiger partial charge on any atom is -0.00262 e. The van der Waals surface area contributed by atoms with Crippen LogP contribution in [0.25, 0.3) is 65.3 Å². The first kappa shape index (κ1) is 22.1. The first-order valence-electron chi connectivity index (χ1n) is 12.8. The van der Waals surface area contributed by atoms with Gasteiger partial charge in [-0.25, -0.2) is 0 Å². The van der Waals surface area contributed by atoms with E-state index in [4.69, 9.17) is 0 Å². The van der Waals surface area contributed by atoms with Crippen LogP contribution in [0.4, 0.5) is 0 Å². The Bertz CT molecular complexity index is 1790. The third kappa shape index (κ3) is 3.54. The van der Waals surface area contributed by atoms with Crippen molar-refractivity contribution in [3.05, 3.63) is 133 Å². The summed E-state index contributed by atoms with van der Waals surface area (Å²) < 4.78 is 0. The molecule has 0 saturated heterocycles. The van der Waals surface area contributed by atoms with Crippen molar-refractivity contribution in [3.63, 3.8) is 0 Å². The van der Waals surface area contributed by atoms with Crippen molar-refractivity contribution >= 4 is 43.1 Å². The highest BCUT2D eigenvalue weighted by Crippen LogP contribution is 2.44. The molecule has 0 heteroatoms. The Hall–Kier alpha value is -4.42. The molecule has 0 fully saturated rings. The molecule has 0 unspecified atom stereocenters. The molecule has 0 aliphatic heterocycles. The maximum absolute atomic E-state index is 2.36. The number of fused-ring (bicyclic) bond motifs is 5. The third-order valence-corrected chi connectivity index (χ3v) is 7.03. The van der Waals surface area contributed by atoms with Crippen LogP contribution < -0.4 is 0 Å². The summed E-state index contributed by atoms with van der Waals surface area (Å²) in [5.41, 5.74) is 5.13. The molecule has 7 aromatic rings. The molecule has 0 radical (unpaired) electrons. The topological polar surface area (TPSA) is 0 Å². The summed E-state index contributed by atoms with van der Waals surface area (Å²) in [4.78, 5) is 0. The van der Waals surface area contributed by atoms with E-state index in [1.54, 1.807) is 0 Å². The van der Waals surface area contributed by atoms with E-state index < -0.39 is 0 Å². The van der Waals surface area contributed by atoms with E-state index in [0.717, 1.165) is 0 Å². The van der Waals surface area contributed by atoms with Crippen molar-refractivity contribution in [3.8, 4) is 22.3 Å². The SMILES string of the molecule is CC.c1ccc(-c2c3ccccc3c(-c3ccc4c(ccc5ccccc54)c3)c3ccccc23)cc1. The molecule has 0 heterocycles. The summed E-state index contributed by atoms with van der Waals surface area (Å²) in [6.07, 6.45) is 0. The lowest BCUT2D eigenvalue weighted by Gasteiger charge is -2.18. The molecule has 7 rings (SSSR count). The van der Waals surface area contributed by atoms with Gasteiger partial charge in [0.25, 0.3) is 0 Å². The molecule has 0 aliphatic carbocycles. The van der Waals surface area contributed by atoms with Gasteiger partial charge in [0.15, 0.2) is 0 Å². The van der Waals surface area contributed by atoms with Gasteiger partial charge in [-0.3, -0.25) is 0 Å². The van der Waals surface area contributed by atoms with Gasteiger partial charge in [-0.1, -0.05) is 141 Å². The number of rotatable bonds is 2. The first-order chi connectivity index (χ1) is 17.9. The fourth-order valence-corrected chi connectivity index (χ4v) is 5.52. The van der Waals surface area contributed by atoms with Crippen LogP contribution in [0.2, 0.25) is 0 Å². The summed E-state index contributed by atoms with van der Waals surface area (Å²) in [5.74, 6) is 0. The van der Waals surface area contributed by atoms with Crippen LogP contribution in [-0.2, 0) is 0 Å². The summed E-state index contributed by atoms with van der Waals surface area (Å²) in [7, 11) is 0. The van der Waals surface area contributed by atoms with Gasteiger partial charge >= 0.3 is 0 Å². The van der Waals surface area contributed by atoms with E-state index in [0.29, 0.717) is 0 Å². The molecule has 0 bridgehead atoms. The average Bonchev–Trinajstić information content (AvgIpc) is 2.97. The van der Waals surface area contributed by atoms with Gasteiger partial charge in [-0.05, 0) is 71.4 Å². The highest BCUT2D eigenvalue weighted by atomic mass is 14.2. The molecule has 36 heavy (non-hydrogen) atoms. The molecule has 0 N–H and O–H groups in total. The van der Waals surface area contributed by atoms with Gasteiger partial charge in [-0.2, -0.15) is 0 Å². The van der Waals surface area contributed by atoms with E-state index in [1.807, 2.05) is 13.8 Å². The van der Waals surface area contributed by atoms with Crippen LogP contribution in [0, 0.1) is 0 Å². The Morgan fingerprint density at radius 1 is 0.306 bits per heavy atom. The largest absolute Gasteiger partial charge is 0.0683 e.